The van der Waals surface area contributed by atoms with Gasteiger partial charge in [0.25, 0.3) is 0 Å². The molecule has 1 nitrogen and oxygen atoms in total. The van der Waals surface area contributed by atoms with Crippen LogP contribution in [0.4, 0.5) is 0 Å². The third-order valence-electron chi connectivity index (χ3n) is 3.23. The van der Waals surface area contributed by atoms with Crippen molar-refractivity contribution in [1.29, 1.82) is 0 Å². The van der Waals surface area contributed by atoms with Crippen LogP contribution in [0.5, 0.6) is 0 Å². The average molecular weight is 251 g/mol. The maximum atomic E-state index is 2.32. The highest BCUT2D eigenvalue weighted by molar-refractivity contribution is 5.48. The lowest BCUT2D eigenvalue weighted by molar-refractivity contribution is 0.363. The van der Waals surface area contributed by atoms with Crippen LogP contribution in [-0.2, 0) is 6.54 Å². The first-order valence-electron chi connectivity index (χ1n) is 6.70. The number of benzene rings is 2. The van der Waals surface area contributed by atoms with Gasteiger partial charge in [0, 0.05) is 13.1 Å². The second-order valence-corrected chi connectivity index (χ2v) is 4.94. The van der Waals surface area contributed by atoms with Crippen LogP contribution >= 0.6 is 0 Å². The van der Waals surface area contributed by atoms with Crippen molar-refractivity contribution in [1.82, 2.24) is 4.90 Å². The molecule has 0 aliphatic carbocycles. The smallest absolute Gasteiger partial charge is 0.0236 e. The Hall–Kier alpha value is -1.86. The van der Waals surface area contributed by atoms with Gasteiger partial charge in [-0.05, 0) is 30.7 Å². The molecule has 0 bridgehead atoms. The molecule has 19 heavy (non-hydrogen) atoms. The van der Waals surface area contributed by atoms with Gasteiger partial charge in [-0.3, -0.25) is 4.90 Å². The molecule has 0 atom stereocenters. The Morgan fingerprint density at radius 1 is 0.947 bits per heavy atom. The Morgan fingerprint density at radius 2 is 1.63 bits per heavy atom. The summed E-state index contributed by atoms with van der Waals surface area (Å²) in [6, 6.07) is 19.0. The van der Waals surface area contributed by atoms with E-state index in [-0.39, 0.29) is 0 Å². The summed E-state index contributed by atoms with van der Waals surface area (Å²) < 4.78 is 0. The monoisotopic (exact) mass is 251 g/mol. The molecule has 0 amide bonds. The zero-order valence-corrected chi connectivity index (χ0v) is 11.7. The van der Waals surface area contributed by atoms with E-state index in [0.717, 1.165) is 13.1 Å². The van der Waals surface area contributed by atoms with Crippen molar-refractivity contribution in [3.05, 3.63) is 77.4 Å². The van der Waals surface area contributed by atoms with E-state index in [1.54, 1.807) is 0 Å². The largest absolute Gasteiger partial charge is 0.298 e. The molecular weight excluding hydrogens is 230 g/mol. The SMILES string of the molecule is Cc1ccccc1CN(C)C/C=C/c1ccccc1. The fraction of sp³-hybridized carbons (Fsp3) is 0.222. The molecule has 0 spiro atoms. The first-order valence-corrected chi connectivity index (χ1v) is 6.70. The summed E-state index contributed by atoms with van der Waals surface area (Å²) in [5, 5.41) is 0. The summed E-state index contributed by atoms with van der Waals surface area (Å²) in [5.41, 5.74) is 4.02. The Bertz CT molecular complexity index is 528. The van der Waals surface area contributed by atoms with Crippen molar-refractivity contribution >= 4 is 6.08 Å². The molecule has 0 heterocycles. The summed E-state index contributed by atoms with van der Waals surface area (Å²) in [4.78, 5) is 2.32. The Labute approximate surface area is 116 Å². The van der Waals surface area contributed by atoms with E-state index in [2.05, 4.69) is 79.6 Å². The number of aryl methyl sites for hydroxylation is 1. The van der Waals surface area contributed by atoms with Crippen molar-refractivity contribution in [3.63, 3.8) is 0 Å². The molecule has 0 aliphatic rings. The highest BCUT2D eigenvalue weighted by Gasteiger charge is 2.00. The van der Waals surface area contributed by atoms with E-state index >= 15 is 0 Å². The van der Waals surface area contributed by atoms with Crippen LogP contribution in [0.3, 0.4) is 0 Å². The molecule has 0 unspecified atom stereocenters. The van der Waals surface area contributed by atoms with E-state index in [9.17, 15) is 0 Å². The molecule has 1 heteroatoms. The molecular formula is C18H21N. The van der Waals surface area contributed by atoms with Crippen LogP contribution in [0, 0.1) is 6.92 Å². The molecule has 0 saturated carbocycles. The van der Waals surface area contributed by atoms with Crippen LogP contribution < -0.4 is 0 Å². The second-order valence-electron chi connectivity index (χ2n) is 4.94. The highest BCUT2D eigenvalue weighted by atomic mass is 15.1. The predicted octanol–water partition coefficient (Wildman–Crippen LogP) is 4.14. The molecule has 0 fully saturated rings. The van der Waals surface area contributed by atoms with Crippen molar-refractivity contribution in [3.8, 4) is 0 Å². The number of hydrogen-bond donors (Lipinski definition) is 0. The minimum Gasteiger partial charge on any atom is -0.298 e. The van der Waals surface area contributed by atoms with Gasteiger partial charge in [-0.2, -0.15) is 0 Å². The fourth-order valence-corrected chi connectivity index (χ4v) is 2.08. The van der Waals surface area contributed by atoms with Gasteiger partial charge in [-0.1, -0.05) is 66.7 Å². The van der Waals surface area contributed by atoms with Gasteiger partial charge in [-0.25, -0.2) is 0 Å². The van der Waals surface area contributed by atoms with Crippen molar-refractivity contribution in [2.45, 2.75) is 13.5 Å². The molecule has 0 saturated heterocycles. The van der Waals surface area contributed by atoms with Gasteiger partial charge in [-0.15, -0.1) is 0 Å². The summed E-state index contributed by atoms with van der Waals surface area (Å²) >= 11 is 0. The lowest BCUT2D eigenvalue weighted by Gasteiger charge is -2.15. The fourth-order valence-electron chi connectivity index (χ4n) is 2.08. The zero-order chi connectivity index (χ0) is 13.5. The molecule has 2 rings (SSSR count). The molecule has 2 aromatic carbocycles. The third-order valence-corrected chi connectivity index (χ3v) is 3.23. The Kier molecular flexibility index (Phi) is 4.93. The van der Waals surface area contributed by atoms with Gasteiger partial charge in [0.2, 0.25) is 0 Å². The maximum absolute atomic E-state index is 2.32. The topological polar surface area (TPSA) is 3.24 Å². The van der Waals surface area contributed by atoms with Gasteiger partial charge in [0.1, 0.15) is 0 Å². The van der Waals surface area contributed by atoms with E-state index in [4.69, 9.17) is 0 Å². The van der Waals surface area contributed by atoms with Crippen LogP contribution in [0.2, 0.25) is 0 Å². The predicted molar refractivity (Wildman–Crippen MR) is 83.0 cm³/mol. The van der Waals surface area contributed by atoms with Gasteiger partial charge < -0.3 is 0 Å². The van der Waals surface area contributed by atoms with Crippen molar-refractivity contribution in [2.24, 2.45) is 0 Å². The lowest BCUT2D eigenvalue weighted by Crippen LogP contribution is -2.18. The quantitative estimate of drug-likeness (QED) is 0.772. The van der Waals surface area contributed by atoms with Gasteiger partial charge >= 0.3 is 0 Å². The zero-order valence-electron chi connectivity index (χ0n) is 11.7. The van der Waals surface area contributed by atoms with Gasteiger partial charge in [0.05, 0.1) is 0 Å². The molecule has 0 aromatic heterocycles. The van der Waals surface area contributed by atoms with E-state index in [1.165, 1.54) is 16.7 Å². The van der Waals surface area contributed by atoms with E-state index in [0.29, 0.717) is 0 Å². The Balaban J connectivity index is 1.87. The maximum Gasteiger partial charge on any atom is 0.0236 e. The first kappa shape index (κ1) is 13.6. The standard InChI is InChI=1S/C18H21N/c1-16-9-6-7-13-18(16)15-19(2)14-8-12-17-10-4-3-5-11-17/h3-13H,14-15H2,1-2H3/b12-8+. The number of nitrogens with zero attached hydrogens (tertiary/aromatic N) is 1. The molecule has 98 valence electrons. The third kappa shape index (κ3) is 4.38. The number of rotatable bonds is 5. The summed E-state index contributed by atoms with van der Waals surface area (Å²) in [7, 11) is 2.15. The minimum absolute atomic E-state index is 0.962. The van der Waals surface area contributed by atoms with E-state index < -0.39 is 0 Å². The van der Waals surface area contributed by atoms with E-state index in [1.807, 2.05) is 6.07 Å². The minimum atomic E-state index is 0.962. The highest BCUT2D eigenvalue weighted by Crippen LogP contribution is 2.09. The normalized spacial score (nSPS) is 11.3. The van der Waals surface area contributed by atoms with Crippen LogP contribution in [-0.4, -0.2) is 18.5 Å². The molecule has 0 aliphatic heterocycles. The Morgan fingerprint density at radius 3 is 2.37 bits per heavy atom. The molecule has 0 radical (unpaired) electrons. The van der Waals surface area contributed by atoms with Crippen LogP contribution in [0.25, 0.3) is 6.08 Å². The van der Waals surface area contributed by atoms with Crippen molar-refractivity contribution < 1.29 is 0 Å². The van der Waals surface area contributed by atoms with Crippen molar-refractivity contribution in [2.75, 3.05) is 13.6 Å². The summed E-state index contributed by atoms with van der Waals surface area (Å²) in [5.74, 6) is 0. The van der Waals surface area contributed by atoms with Gasteiger partial charge in [0.15, 0.2) is 0 Å². The molecule has 2 aromatic rings. The number of hydrogen-bond acceptors (Lipinski definition) is 1. The molecule has 0 N–H and O–H groups in total. The summed E-state index contributed by atoms with van der Waals surface area (Å²) in [6.45, 7) is 4.12. The number of likely N-dealkylation sites (N-methyl/N-ethyl adjacent to an activating group) is 1. The second kappa shape index (κ2) is 6.91. The average Bonchev–Trinajstić information content (AvgIpc) is 2.43. The lowest BCUT2D eigenvalue weighted by atomic mass is 10.1. The van der Waals surface area contributed by atoms with Crippen LogP contribution in [0.15, 0.2) is 60.7 Å². The van der Waals surface area contributed by atoms with Crippen LogP contribution in [0.1, 0.15) is 16.7 Å². The first-order chi connectivity index (χ1) is 9.25. The summed E-state index contributed by atoms with van der Waals surface area (Å²) in [6.07, 6.45) is 4.39.